The number of nitrogens with two attached hydrogens (primary N) is 1. The number of methoxy groups -OCH3 is 1. The van der Waals surface area contributed by atoms with Crippen LogP contribution in [0.15, 0.2) is 12.1 Å². The summed E-state index contributed by atoms with van der Waals surface area (Å²) in [4.78, 5) is 14.6. The van der Waals surface area contributed by atoms with Crippen LogP contribution in [0, 0.1) is 0 Å². The van der Waals surface area contributed by atoms with Crippen LogP contribution < -0.4 is 15.8 Å². The van der Waals surface area contributed by atoms with Crippen molar-refractivity contribution in [3.05, 3.63) is 22.7 Å². The SMILES string of the molecule is COc1cc(N)c(Cl)cc1C(=O)NCCN(C)C1CCCC1. The van der Waals surface area contributed by atoms with Gasteiger partial charge in [-0.2, -0.15) is 0 Å². The third kappa shape index (κ3) is 4.05. The molecular formula is C16H24ClN3O2. The van der Waals surface area contributed by atoms with Gasteiger partial charge in [0.15, 0.2) is 0 Å². The van der Waals surface area contributed by atoms with E-state index in [1.165, 1.54) is 32.8 Å². The average molecular weight is 326 g/mol. The van der Waals surface area contributed by atoms with Gasteiger partial charge >= 0.3 is 0 Å². The molecule has 5 nitrogen and oxygen atoms in total. The highest BCUT2D eigenvalue weighted by Gasteiger charge is 2.19. The van der Waals surface area contributed by atoms with Gasteiger partial charge in [0, 0.05) is 25.2 Å². The first kappa shape index (κ1) is 16.9. The fraction of sp³-hybridized carbons (Fsp3) is 0.562. The Labute approximate surface area is 136 Å². The molecule has 0 aromatic heterocycles. The Morgan fingerprint density at radius 3 is 2.77 bits per heavy atom. The van der Waals surface area contributed by atoms with Gasteiger partial charge in [-0.25, -0.2) is 0 Å². The zero-order valence-corrected chi connectivity index (χ0v) is 13.9. The van der Waals surface area contributed by atoms with E-state index < -0.39 is 0 Å². The molecule has 0 heterocycles. The molecule has 0 aliphatic heterocycles. The molecule has 22 heavy (non-hydrogen) atoms. The predicted octanol–water partition coefficient (Wildman–Crippen LogP) is 2.54. The average Bonchev–Trinajstić information content (AvgIpc) is 3.03. The van der Waals surface area contributed by atoms with Crippen LogP contribution in [-0.2, 0) is 0 Å². The summed E-state index contributed by atoms with van der Waals surface area (Å²) in [5.74, 6) is 0.238. The van der Waals surface area contributed by atoms with Crippen molar-refractivity contribution in [2.24, 2.45) is 0 Å². The maximum Gasteiger partial charge on any atom is 0.255 e. The number of nitrogen functional groups attached to an aromatic ring is 1. The van der Waals surface area contributed by atoms with Crippen LogP contribution in [0.2, 0.25) is 5.02 Å². The molecule has 1 saturated carbocycles. The van der Waals surface area contributed by atoms with Gasteiger partial charge in [0.25, 0.3) is 5.91 Å². The van der Waals surface area contributed by atoms with E-state index >= 15 is 0 Å². The van der Waals surface area contributed by atoms with Crippen molar-refractivity contribution in [1.29, 1.82) is 0 Å². The number of nitrogens with one attached hydrogen (secondary N) is 1. The Hall–Kier alpha value is -1.46. The number of hydrogen-bond acceptors (Lipinski definition) is 4. The van der Waals surface area contributed by atoms with Gasteiger partial charge in [0.2, 0.25) is 0 Å². The molecule has 1 aromatic carbocycles. The second kappa shape index (κ2) is 7.70. The van der Waals surface area contributed by atoms with Crippen molar-refractivity contribution in [2.75, 3.05) is 33.0 Å². The lowest BCUT2D eigenvalue weighted by Crippen LogP contribution is -2.37. The molecule has 122 valence electrons. The van der Waals surface area contributed by atoms with Crippen LogP contribution in [-0.4, -0.2) is 44.1 Å². The standard InChI is InChI=1S/C16H24ClN3O2/c1-20(11-5-3-4-6-11)8-7-19-16(21)12-9-13(17)14(18)10-15(12)22-2/h9-11H,3-8,18H2,1-2H3,(H,19,21). The number of carbonyl (C=O) groups excluding carboxylic acids is 1. The maximum absolute atomic E-state index is 12.3. The lowest BCUT2D eigenvalue weighted by atomic mass is 10.1. The number of likely N-dealkylation sites (N-methyl/N-ethyl adjacent to an activating group) is 1. The third-order valence-corrected chi connectivity index (χ3v) is 4.59. The smallest absolute Gasteiger partial charge is 0.255 e. The molecule has 0 bridgehead atoms. The van der Waals surface area contributed by atoms with Gasteiger partial charge in [-0.1, -0.05) is 24.4 Å². The zero-order valence-electron chi connectivity index (χ0n) is 13.2. The summed E-state index contributed by atoms with van der Waals surface area (Å²) in [6.07, 6.45) is 5.13. The minimum atomic E-state index is -0.196. The van der Waals surface area contributed by atoms with E-state index in [1.807, 2.05) is 0 Å². The Morgan fingerprint density at radius 1 is 1.45 bits per heavy atom. The second-order valence-electron chi connectivity index (χ2n) is 5.75. The molecule has 0 spiro atoms. The van der Waals surface area contributed by atoms with Crippen molar-refractivity contribution >= 4 is 23.2 Å². The Balaban J connectivity index is 1.90. The highest BCUT2D eigenvalue weighted by atomic mass is 35.5. The highest BCUT2D eigenvalue weighted by Crippen LogP contribution is 2.28. The number of benzene rings is 1. The molecule has 0 atom stereocenters. The number of ether oxygens (including phenoxy) is 1. The number of nitrogens with zero attached hydrogens (tertiary/aromatic N) is 1. The van der Waals surface area contributed by atoms with Crippen molar-refractivity contribution in [2.45, 2.75) is 31.7 Å². The first-order chi connectivity index (χ1) is 10.5. The zero-order chi connectivity index (χ0) is 16.1. The molecule has 0 radical (unpaired) electrons. The number of amides is 1. The number of anilines is 1. The van der Waals surface area contributed by atoms with E-state index in [-0.39, 0.29) is 5.91 Å². The summed E-state index contributed by atoms with van der Waals surface area (Å²) in [7, 11) is 3.62. The first-order valence-electron chi connectivity index (χ1n) is 7.64. The molecular weight excluding hydrogens is 302 g/mol. The maximum atomic E-state index is 12.3. The van der Waals surface area contributed by atoms with Gasteiger partial charge in [0.05, 0.1) is 23.4 Å². The summed E-state index contributed by atoms with van der Waals surface area (Å²) in [5.41, 5.74) is 6.53. The van der Waals surface area contributed by atoms with Gasteiger partial charge in [-0.3, -0.25) is 4.79 Å². The highest BCUT2D eigenvalue weighted by molar-refractivity contribution is 6.33. The van der Waals surface area contributed by atoms with Crippen molar-refractivity contribution < 1.29 is 9.53 Å². The van der Waals surface area contributed by atoms with E-state index in [9.17, 15) is 4.79 Å². The lowest BCUT2D eigenvalue weighted by molar-refractivity contribution is 0.0944. The van der Waals surface area contributed by atoms with Crippen LogP contribution in [0.5, 0.6) is 5.75 Å². The number of hydrogen-bond donors (Lipinski definition) is 2. The van der Waals surface area contributed by atoms with E-state index in [4.69, 9.17) is 22.1 Å². The molecule has 1 amide bonds. The molecule has 1 aliphatic rings. The number of carbonyl (C=O) groups is 1. The Morgan fingerprint density at radius 2 is 2.14 bits per heavy atom. The van der Waals surface area contributed by atoms with Crippen molar-refractivity contribution in [3.63, 3.8) is 0 Å². The molecule has 0 unspecified atom stereocenters. The predicted molar refractivity (Wildman–Crippen MR) is 89.6 cm³/mol. The largest absolute Gasteiger partial charge is 0.496 e. The summed E-state index contributed by atoms with van der Waals surface area (Å²) in [5, 5.41) is 3.27. The minimum Gasteiger partial charge on any atom is -0.496 e. The Bertz CT molecular complexity index is 530. The van der Waals surface area contributed by atoms with E-state index in [0.29, 0.717) is 34.6 Å². The number of rotatable bonds is 6. The third-order valence-electron chi connectivity index (χ3n) is 4.26. The van der Waals surface area contributed by atoms with Crippen LogP contribution in [0.25, 0.3) is 0 Å². The minimum absolute atomic E-state index is 0.196. The van der Waals surface area contributed by atoms with Gasteiger partial charge in [-0.05, 0) is 26.0 Å². The summed E-state index contributed by atoms with van der Waals surface area (Å²) in [6, 6.07) is 3.77. The summed E-state index contributed by atoms with van der Waals surface area (Å²) < 4.78 is 5.20. The lowest BCUT2D eigenvalue weighted by Gasteiger charge is -2.24. The number of halogens is 1. The van der Waals surface area contributed by atoms with Crippen molar-refractivity contribution in [3.8, 4) is 5.75 Å². The monoisotopic (exact) mass is 325 g/mol. The molecule has 2 rings (SSSR count). The van der Waals surface area contributed by atoms with Crippen LogP contribution in [0.1, 0.15) is 36.0 Å². The second-order valence-corrected chi connectivity index (χ2v) is 6.16. The van der Waals surface area contributed by atoms with Crippen LogP contribution in [0.4, 0.5) is 5.69 Å². The molecule has 1 aromatic rings. The van der Waals surface area contributed by atoms with Gasteiger partial charge in [0.1, 0.15) is 5.75 Å². The molecule has 3 N–H and O–H groups in total. The van der Waals surface area contributed by atoms with Crippen LogP contribution in [0.3, 0.4) is 0 Å². The summed E-state index contributed by atoms with van der Waals surface area (Å²) >= 11 is 5.99. The summed E-state index contributed by atoms with van der Waals surface area (Å²) in [6.45, 7) is 1.43. The molecule has 1 aliphatic carbocycles. The van der Waals surface area contributed by atoms with Crippen molar-refractivity contribution in [1.82, 2.24) is 10.2 Å². The van der Waals surface area contributed by atoms with E-state index in [0.717, 1.165) is 6.54 Å². The normalized spacial score (nSPS) is 15.3. The quantitative estimate of drug-likeness (QED) is 0.789. The molecule has 0 saturated heterocycles. The topological polar surface area (TPSA) is 67.6 Å². The Kier molecular flexibility index (Phi) is 5.91. The fourth-order valence-electron chi connectivity index (χ4n) is 2.88. The van der Waals surface area contributed by atoms with Gasteiger partial charge in [-0.15, -0.1) is 0 Å². The van der Waals surface area contributed by atoms with Crippen LogP contribution >= 0.6 is 11.6 Å². The molecule has 1 fully saturated rings. The first-order valence-corrected chi connectivity index (χ1v) is 8.02. The van der Waals surface area contributed by atoms with E-state index in [2.05, 4.69) is 17.3 Å². The molecule has 6 heteroatoms. The van der Waals surface area contributed by atoms with E-state index in [1.54, 1.807) is 12.1 Å². The van der Waals surface area contributed by atoms with Gasteiger partial charge < -0.3 is 20.7 Å². The fourth-order valence-corrected chi connectivity index (χ4v) is 3.05.